The largest absolute Gasteiger partial charge is 0.300 e. The molecule has 3 aromatic carbocycles. The number of nitrogens with zero attached hydrogens (tertiary/aromatic N) is 2. The SMILES string of the molecule is CC1=c2c3ccccc3c3c4cc5c(cc4n4c3[n+]2=C2C(=CC3=C6C(=CC=C4C62)C(C)(C)C3(C)C)B1c1ccccc1)C(C)(C)CC5(C)C. The molecule has 0 amide bonds. The molecule has 0 saturated heterocycles. The minimum atomic E-state index is 0.00421. The Bertz CT molecular complexity index is 2740. The van der Waals surface area contributed by atoms with Gasteiger partial charge in [-0.25, -0.2) is 0 Å². The number of aromatic nitrogens is 2. The lowest BCUT2D eigenvalue weighted by Gasteiger charge is -2.38. The first-order valence-electron chi connectivity index (χ1n) is 18.4. The molecule has 3 heteroatoms. The van der Waals surface area contributed by atoms with Crippen LogP contribution >= 0.6 is 0 Å². The highest BCUT2D eigenvalue weighted by atomic mass is 15.1. The van der Waals surface area contributed by atoms with E-state index < -0.39 is 0 Å². The van der Waals surface area contributed by atoms with Crippen LogP contribution in [0.3, 0.4) is 0 Å². The number of rotatable bonds is 1. The predicted molar refractivity (Wildman–Crippen MR) is 206 cm³/mol. The number of pyridine rings is 1. The van der Waals surface area contributed by atoms with Crippen molar-refractivity contribution in [2.75, 3.05) is 0 Å². The standard InChI is InChI=1S/C46H44BN2/c1-25-40-28-18-14-13-17-27(28)37-29-21-31-32(44(4,5)24-43(31,2)3)23-36(29)48-35-20-19-30-38-33(46(8,9)45(30,6)7)22-34(41(39(35)38)49(40)42(37)48)47(25)26-15-11-10-12-16-26/h10-23,39H,24H2,1-9H3/q+1. The van der Waals surface area contributed by atoms with Crippen LogP contribution in [0.1, 0.15) is 79.9 Å². The molecule has 0 saturated carbocycles. The molecular weight excluding hydrogens is 591 g/mol. The predicted octanol–water partition coefficient (Wildman–Crippen LogP) is 8.95. The number of allylic oxidation sites excluding steroid dienone is 8. The fourth-order valence-electron chi connectivity index (χ4n) is 11.8. The lowest BCUT2D eigenvalue weighted by molar-refractivity contribution is -0.513. The Kier molecular flexibility index (Phi) is 4.83. The van der Waals surface area contributed by atoms with E-state index in [0.717, 1.165) is 0 Å². The summed E-state index contributed by atoms with van der Waals surface area (Å²) < 4.78 is 5.47. The van der Waals surface area contributed by atoms with Gasteiger partial charge in [0, 0.05) is 16.2 Å². The maximum Gasteiger partial charge on any atom is 0.300 e. The van der Waals surface area contributed by atoms with Crippen LogP contribution in [0, 0.1) is 22.5 Å². The monoisotopic (exact) mass is 635 g/mol. The molecule has 0 bridgehead atoms. The molecule has 0 spiro atoms. The second kappa shape index (κ2) is 8.32. The first-order chi connectivity index (χ1) is 23.3. The maximum absolute atomic E-state index is 2.76. The number of hydrogen-bond donors (Lipinski definition) is 0. The second-order valence-corrected chi connectivity index (χ2v) is 18.3. The molecule has 2 aromatic heterocycles. The number of fused-ring (bicyclic) bond motifs is 8. The number of benzene rings is 3. The van der Waals surface area contributed by atoms with Crippen molar-refractivity contribution in [3.63, 3.8) is 0 Å². The van der Waals surface area contributed by atoms with Crippen LogP contribution in [0.4, 0.5) is 0 Å². The Labute approximate surface area is 289 Å². The summed E-state index contributed by atoms with van der Waals surface area (Å²) in [6.07, 6.45) is 8.84. The van der Waals surface area contributed by atoms with Crippen molar-refractivity contribution < 1.29 is 4.24 Å². The van der Waals surface area contributed by atoms with E-state index >= 15 is 0 Å². The highest BCUT2D eigenvalue weighted by Crippen LogP contribution is 2.66. The average molecular weight is 636 g/mol. The molecular formula is C46H44BN2+. The topological polar surface area (TPSA) is 10.8 Å². The molecule has 4 aliphatic carbocycles. The average Bonchev–Trinajstić information content (AvgIpc) is 3.55. The molecule has 2 aliphatic heterocycles. The summed E-state index contributed by atoms with van der Waals surface area (Å²) in [5, 5.41) is 6.92. The van der Waals surface area contributed by atoms with E-state index in [-0.39, 0.29) is 34.3 Å². The first-order valence-corrected chi connectivity index (χ1v) is 18.4. The molecule has 0 fully saturated rings. The summed E-state index contributed by atoms with van der Waals surface area (Å²) in [5.41, 5.74) is 17.9. The van der Waals surface area contributed by atoms with E-state index in [1.807, 2.05) is 0 Å². The van der Waals surface area contributed by atoms with Gasteiger partial charge in [0.25, 0.3) is 0 Å². The third-order valence-electron chi connectivity index (χ3n) is 14.4. The van der Waals surface area contributed by atoms with Gasteiger partial charge in [0.05, 0.1) is 5.39 Å². The molecule has 1 atom stereocenters. The summed E-state index contributed by atoms with van der Waals surface area (Å²) >= 11 is 0. The Morgan fingerprint density at radius 3 is 2.16 bits per heavy atom. The lowest BCUT2D eigenvalue weighted by atomic mass is 9.33. The molecule has 2 nitrogen and oxygen atoms in total. The van der Waals surface area contributed by atoms with Crippen LogP contribution < -0.4 is 15.1 Å². The fraction of sp³-hybridized carbons (Fsp3) is 0.326. The van der Waals surface area contributed by atoms with E-state index in [2.05, 4.69) is 156 Å². The summed E-state index contributed by atoms with van der Waals surface area (Å²) in [7, 11) is 0. The summed E-state index contributed by atoms with van der Waals surface area (Å²) in [6, 6.07) is 25.8. The molecule has 240 valence electrons. The van der Waals surface area contributed by atoms with Crippen LogP contribution in [-0.4, -0.2) is 11.3 Å². The maximum atomic E-state index is 2.76. The van der Waals surface area contributed by atoms with Crippen LogP contribution in [0.2, 0.25) is 0 Å². The van der Waals surface area contributed by atoms with Gasteiger partial charge < -0.3 is 0 Å². The first kappa shape index (κ1) is 28.5. The quantitative estimate of drug-likeness (QED) is 0.129. The fourth-order valence-corrected chi connectivity index (χ4v) is 11.8. The van der Waals surface area contributed by atoms with Gasteiger partial charge in [0.15, 0.2) is 0 Å². The molecule has 49 heavy (non-hydrogen) atoms. The van der Waals surface area contributed by atoms with Gasteiger partial charge in [-0.1, -0.05) is 128 Å². The molecule has 0 N–H and O–H groups in total. The third kappa shape index (κ3) is 3.01. The van der Waals surface area contributed by atoms with Crippen LogP contribution in [0.15, 0.2) is 107 Å². The van der Waals surface area contributed by atoms with Crippen LogP contribution in [0.25, 0.3) is 43.9 Å². The Morgan fingerprint density at radius 1 is 0.755 bits per heavy atom. The number of hydrogen-bond acceptors (Lipinski definition) is 0. The molecule has 1 unspecified atom stereocenters. The van der Waals surface area contributed by atoms with Crippen molar-refractivity contribution in [1.29, 1.82) is 0 Å². The van der Waals surface area contributed by atoms with Gasteiger partial charge in [0.2, 0.25) is 6.71 Å². The zero-order chi connectivity index (χ0) is 33.7. The normalized spacial score (nSPS) is 24.1. The van der Waals surface area contributed by atoms with E-state index in [4.69, 9.17) is 0 Å². The van der Waals surface area contributed by atoms with Crippen molar-refractivity contribution in [3.05, 3.63) is 129 Å². The van der Waals surface area contributed by atoms with Gasteiger partial charge in [-0.2, -0.15) is 8.81 Å². The van der Waals surface area contributed by atoms with E-state index in [9.17, 15) is 0 Å². The van der Waals surface area contributed by atoms with Gasteiger partial charge in [-0.15, -0.1) is 0 Å². The Hall–Kier alpha value is -4.37. The molecule has 11 rings (SSSR count). The van der Waals surface area contributed by atoms with Gasteiger partial charge in [0.1, 0.15) is 28.2 Å². The Balaban J connectivity index is 1.44. The highest BCUT2D eigenvalue weighted by molar-refractivity contribution is 6.94. The van der Waals surface area contributed by atoms with E-state index in [1.165, 1.54) is 94.6 Å². The van der Waals surface area contributed by atoms with Gasteiger partial charge >= 0.3 is 5.65 Å². The highest BCUT2D eigenvalue weighted by Gasteiger charge is 2.59. The Morgan fingerprint density at radius 2 is 1.43 bits per heavy atom. The van der Waals surface area contributed by atoms with Crippen molar-refractivity contribution in [3.8, 4) is 0 Å². The molecule has 0 radical (unpaired) electrons. The zero-order valence-corrected chi connectivity index (χ0v) is 30.3. The van der Waals surface area contributed by atoms with E-state index in [1.54, 1.807) is 5.57 Å². The summed E-state index contributed by atoms with van der Waals surface area (Å²) in [5.74, 6) is 0.185. The smallest absolute Gasteiger partial charge is 0.196 e. The summed E-state index contributed by atoms with van der Waals surface area (Å²) in [4.78, 5) is 0. The van der Waals surface area contributed by atoms with E-state index in [0.29, 0.717) is 0 Å². The lowest BCUT2D eigenvalue weighted by Crippen LogP contribution is -2.58. The molecule has 4 heterocycles. The van der Waals surface area contributed by atoms with Crippen LogP contribution in [-0.2, 0) is 10.8 Å². The van der Waals surface area contributed by atoms with Crippen LogP contribution in [0.5, 0.6) is 0 Å². The molecule has 6 aliphatic rings. The van der Waals surface area contributed by atoms with Crippen molar-refractivity contribution in [2.24, 2.45) is 16.7 Å². The molecule has 5 aromatic rings. The van der Waals surface area contributed by atoms with Gasteiger partial charge in [-0.3, -0.25) is 0 Å². The van der Waals surface area contributed by atoms with Crippen molar-refractivity contribution in [2.45, 2.75) is 79.6 Å². The minimum Gasteiger partial charge on any atom is -0.196 e. The zero-order valence-electron chi connectivity index (χ0n) is 30.3. The minimum absolute atomic E-state index is 0.00421. The third-order valence-corrected chi connectivity index (χ3v) is 14.4. The second-order valence-electron chi connectivity index (χ2n) is 18.3. The van der Waals surface area contributed by atoms with Crippen molar-refractivity contribution >= 4 is 56.1 Å². The summed E-state index contributed by atoms with van der Waals surface area (Å²) in [6.45, 7) is 22.4. The van der Waals surface area contributed by atoms with Gasteiger partial charge in [-0.05, 0) is 92.0 Å². The van der Waals surface area contributed by atoms with Crippen molar-refractivity contribution in [1.82, 2.24) is 4.57 Å².